The molecule has 1 aliphatic carbocycles. The maximum absolute atomic E-state index is 13.8. The number of anilines is 1. The predicted octanol–water partition coefficient (Wildman–Crippen LogP) is 8.13. The number of carbonyl (C=O) groups excluding carboxylic acids is 1. The second-order valence-corrected chi connectivity index (χ2v) is 11.0. The fraction of sp³-hybridized carbons (Fsp3) is 0.265. The maximum Gasteiger partial charge on any atom is 0.162 e. The van der Waals surface area contributed by atoms with Crippen LogP contribution >= 0.6 is 0 Å². The van der Waals surface area contributed by atoms with Crippen molar-refractivity contribution in [2.75, 3.05) is 11.9 Å². The summed E-state index contributed by atoms with van der Waals surface area (Å²) in [6.07, 6.45) is 1.41. The van der Waals surface area contributed by atoms with E-state index in [1.807, 2.05) is 49.4 Å². The van der Waals surface area contributed by atoms with Gasteiger partial charge in [0, 0.05) is 23.2 Å². The van der Waals surface area contributed by atoms with Crippen molar-refractivity contribution in [3.63, 3.8) is 0 Å². The highest BCUT2D eigenvalue weighted by Gasteiger charge is 2.41. The average molecular weight is 504 g/mol. The molecule has 6 rings (SSSR count). The van der Waals surface area contributed by atoms with Crippen LogP contribution in [0.4, 0.5) is 5.69 Å². The van der Waals surface area contributed by atoms with Crippen molar-refractivity contribution in [1.82, 2.24) is 0 Å². The SMILES string of the molecule is CCOc1cc([C@H]2Nc3ccc4ccccc4c3C3=C2C(=O)CC(C)(C)C3)ccc1OCc1ccccc1. The summed E-state index contributed by atoms with van der Waals surface area (Å²) in [7, 11) is 0. The second-order valence-electron chi connectivity index (χ2n) is 11.0. The highest BCUT2D eigenvalue weighted by molar-refractivity contribution is 6.12. The van der Waals surface area contributed by atoms with E-state index in [0.717, 1.165) is 28.8 Å². The van der Waals surface area contributed by atoms with Crippen LogP contribution in [0.1, 0.15) is 56.3 Å². The van der Waals surface area contributed by atoms with E-state index < -0.39 is 0 Å². The third kappa shape index (κ3) is 4.45. The third-order valence-electron chi connectivity index (χ3n) is 7.58. The number of hydrogen-bond acceptors (Lipinski definition) is 4. The Morgan fingerprint density at radius 3 is 2.47 bits per heavy atom. The molecule has 0 saturated carbocycles. The molecule has 4 nitrogen and oxygen atoms in total. The monoisotopic (exact) mass is 503 g/mol. The van der Waals surface area contributed by atoms with Crippen molar-refractivity contribution in [1.29, 1.82) is 0 Å². The Kier molecular flexibility index (Phi) is 6.19. The number of ketones is 1. The van der Waals surface area contributed by atoms with Gasteiger partial charge in [-0.1, -0.05) is 80.6 Å². The number of carbonyl (C=O) groups is 1. The zero-order chi connectivity index (χ0) is 26.3. The molecule has 0 amide bonds. The lowest BCUT2D eigenvalue weighted by Crippen LogP contribution is -2.33. The van der Waals surface area contributed by atoms with Crippen LogP contribution in [0.15, 0.2) is 90.5 Å². The first-order valence-electron chi connectivity index (χ1n) is 13.4. The molecule has 0 spiro atoms. The molecule has 38 heavy (non-hydrogen) atoms. The number of Topliss-reactive ketones (excluding diaryl/α,β-unsaturated/α-hetero) is 1. The summed E-state index contributed by atoms with van der Waals surface area (Å²) >= 11 is 0. The molecule has 0 unspecified atom stereocenters. The van der Waals surface area contributed by atoms with Crippen LogP contribution in [-0.4, -0.2) is 12.4 Å². The predicted molar refractivity (Wildman–Crippen MR) is 154 cm³/mol. The van der Waals surface area contributed by atoms with E-state index in [0.29, 0.717) is 31.1 Å². The fourth-order valence-corrected chi connectivity index (χ4v) is 5.91. The van der Waals surface area contributed by atoms with Gasteiger partial charge in [-0.3, -0.25) is 4.79 Å². The Labute approximate surface area is 224 Å². The van der Waals surface area contributed by atoms with Crippen molar-refractivity contribution < 1.29 is 14.3 Å². The number of fused-ring (bicyclic) bond motifs is 4. The van der Waals surface area contributed by atoms with Gasteiger partial charge in [0.1, 0.15) is 6.61 Å². The summed E-state index contributed by atoms with van der Waals surface area (Å²) in [4.78, 5) is 13.8. The Morgan fingerprint density at radius 1 is 0.868 bits per heavy atom. The summed E-state index contributed by atoms with van der Waals surface area (Å²) in [5, 5.41) is 6.11. The molecule has 1 heterocycles. The molecule has 0 radical (unpaired) electrons. The van der Waals surface area contributed by atoms with Crippen LogP contribution < -0.4 is 14.8 Å². The van der Waals surface area contributed by atoms with Crippen LogP contribution in [-0.2, 0) is 11.4 Å². The van der Waals surface area contributed by atoms with Crippen molar-refractivity contribution >= 4 is 27.8 Å². The van der Waals surface area contributed by atoms with Crippen LogP contribution in [0, 0.1) is 5.41 Å². The van der Waals surface area contributed by atoms with Gasteiger partial charge in [-0.2, -0.15) is 0 Å². The second kappa shape index (κ2) is 9.68. The number of ether oxygens (including phenoxy) is 2. The normalized spacial score (nSPS) is 18.0. The highest BCUT2D eigenvalue weighted by atomic mass is 16.5. The summed E-state index contributed by atoms with van der Waals surface area (Å²) in [5.41, 5.74) is 6.31. The van der Waals surface area contributed by atoms with Crippen LogP contribution in [0.25, 0.3) is 16.3 Å². The minimum atomic E-state index is -0.246. The van der Waals surface area contributed by atoms with E-state index in [9.17, 15) is 4.79 Å². The lowest BCUT2D eigenvalue weighted by molar-refractivity contribution is -0.118. The third-order valence-corrected chi connectivity index (χ3v) is 7.58. The molecular weight excluding hydrogens is 470 g/mol. The lowest BCUT2D eigenvalue weighted by Gasteiger charge is -2.40. The molecular formula is C34H33NO3. The highest BCUT2D eigenvalue weighted by Crippen LogP contribution is 2.52. The zero-order valence-electron chi connectivity index (χ0n) is 22.2. The van der Waals surface area contributed by atoms with Gasteiger partial charge in [-0.15, -0.1) is 0 Å². The van der Waals surface area contributed by atoms with Gasteiger partial charge >= 0.3 is 0 Å². The Bertz CT molecular complexity index is 1550. The van der Waals surface area contributed by atoms with Crippen molar-refractivity contribution in [3.8, 4) is 11.5 Å². The Morgan fingerprint density at radius 2 is 1.66 bits per heavy atom. The molecule has 1 N–H and O–H groups in total. The van der Waals surface area contributed by atoms with Gasteiger partial charge in [0.15, 0.2) is 17.3 Å². The van der Waals surface area contributed by atoms with Crippen molar-refractivity contribution in [2.45, 2.75) is 46.3 Å². The summed E-state index contributed by atoms with van der Waals surface area (Å²) in [5.74, 6) is 1.61. The van der Waals surface area contributed by atoms with E-state index >= 15 is 0 Å². The van der Waals surface area contributed by atoms with E-state index in [-0.39, 0.29) is 17.2 Å². The summed E-state index contributed by atoms with van der Waals surface area (Å²) in [6, 6.07) is 28.7. The van der Waals surface area contributed by atoms with Crippen molar-refractivity contribution in [3.05, 3.63) is 107 Å². The molecule has 1 atom stereocenters. The molecule has 192 valence electrons. The number of benzene rings is 4. The summed E-state index contributed by atoms with van der Waals surface area (Å²) < 4.78 is 12.2. The van der Waals surface area contributed by atoms with Gasteiger partial charge in [-0.05, 0) is 64.4 Å². The quantitative estimate of drug-likeness (QED) is 0.289. The molecule has 4 aromatic carbocycles. The molecule has 0 saturated heterocycles. The lowest BCUT2D eigenvalue weighted by atomic mass is 9.68. The first-order chi connectivity index (χ1) is 18.4. The molecule has 0 bridgehead atoms. The Hall–Kier alpha value is -4.05. The molecule has 4 heteroatoms. The van der Waals surface area contributed by atoms with Gasteiger partial charge < -0.3 is 14.8 Å². The minimum absolute atomic E-state index is 0.0857. The standard InChI is InChI=1S/C34H33NO3/c1-4-37-30-18-24(15-17-29(30)38-21-22-10-6-5-7-11-22)33-32-26(19-34(2,3)20-28(32)36)31-25-13-9-8-12-23(25)14-16-27(31)35-33/h5-18,33,35H,4,19-21H2,1-3H3/t33-/m1/s1. The van der Waals surface area contributed by atoms with Crippen molar-refractivity contribution in [2.24, 2.45) is 5.41 Å². The molecule has 0 aromatic heterocycles. The molecule has 0 fully saturated rings. The largest absolute Gasteiger partial charge is 0.490 e. The van der Waals surface area contributed by atoms with Crippen LogP contribution in [0.2, 0.25) is 0 Å². The topological polar surface area (TPSA) is 47.6 Å². The van der Waals surface area contributed by atoms with Gasteiger partial charge in [0.05, 0.1) is 12.6 Å². The first kappa shape index (κ1) is 24.3. The van der Waals surface area contributed by atoms with Gasteiger partial charge in [-0.25, -0.2) is 0 Å². The smallest absolute Gasteiger partial charge is 0.162 e. The summed E-state index contributed by atoms with van der Waals surface area (Å²) in [6.45, 7) is 7.36. The number of hydrogen-bond donors (Lipinski definition) is 1. The average Bonchev–Trinajstić information content (AvgIpc) is 2.91. The molecule has 4 aromatic rings. The molecule has 2 aliphatic rings. The number of nitrogens with one attached hydrogen (secondary N) is 1. The Balaban J connectivity index is 1.44. The minimum Gasteiger partial charge on any atom is -0.490 e. The zero-order valence-corrected chi connectivity index (χ0v) is 22.2. The van der Waals surface area contributed by atoms with E-state index in [1.165, 1.54) is 21.9 Å². The number of allylic oxidation sites excluding steroid dienone is 1. The molecule has 1 aliphatic heterocycles. The first-order valence-corrected chi connectivity index (χ1v) is 13.4. The van der Waals surface area contributed by atoms with Crippen LogP contribution in [0.3, 0.4) is 0 Å². The van der Waals surface area contributed by atoms with E-state index in [2.05, 4.69) is 61.6 Å². The fourth-order valence-electron chi connectivity index (χ4n) is 5.91. The van der Waals surface area contributed by atoms with E-state index in [4.69, 9.17) is 9.47 Å². The number of rotatable bonds is 6. The van der Waals surface area contributed by atoms with E-state index in [1.54, 1.807) is 0 Å². The van der Waals surface area contributed by atoms with Crippen LogP contribution in [0.5, 0.6) is 11.5 Å². The maximum atomic E-state index is 13.8. The van der Waals surface area contributed by atoms with Gasteiger partial charge in [0.25, 0.3) is 0 Å². The van der Waals surface area contributed by atoms with Gasteiger partial charge in [0.2, 0.25) is 0 Å².